The van der Waals surface area contributed by atoms with Gasteiger partial charge in [0.2, 0.25) is 5.91 Å². The molecule has 3 N–H and O–H groups in total. The van der Waals surface area contributed by atoms with E-state index in [2.05, 4.69) is 5.32 Å². The van der Waals surface area contributed by atoms with Gasteiger partial charge >= 0.3 is 0 Å². The highest BCUT2D eigenvalue weighted by atomic mass is 16.3. The maximum Gasteiger partial charge on any atom is 0.254 e. The topological polar surface area (TPSA) is 110 Å². The Bertz CT molecular complexity index is 900. The van der Waals surface area contributed by atoms with Crippen LogP contribution in [0.3, 0.4) is 0 Å². The Balaban J connectivity index is 1.64. The number of carbonyl (C=O) groups is 3. The molecule has 0 saturated carbocycles. The largest absolute Gasteiger partial charge is 0.508 e. The number of hydrogen-bond acceptors (Lipinski definition) is 5. The maximum absolute atomic E-state index is 12.7. The van der Waals surface area contributed by atoms with Crippen molar-refractivity contribution in [3.63, 3.8) is 0 Å². The molecule has 0 spiro atoms. The van der Waals surface area contributed by atoms with E-state index in [1.165, 1.54) is 19.1 Å². The van der Waals surface area contributed by atoms with Crippen LogP contribution in [0.15, 0.2) is 42.5 Å². The van der Waals surface area contributed by atoms with Gasteiger partial charge in [-0.3, -0.25) is 14.4 Å². The average Bonchev–Trinajstić information content (AvgIpc) is 2.66. The van der Waals surface area contributed by atoms with E-state index in [4.69, 9.17) is 0 Å². The van der Waals surface area contributed by atoms with Crippen molar-refractivity contribution < 1.29 is 24.6 Å². The highest BCUT2D eigenvalue weighted by Crippen LogP contribution is 2.22. The molecule has 146 valence electrons. The van der Waals surface area contributed by atoms with Crippen molar-refractivity contribution in [1.29, 1.82) is 0 Å². The van der Waals surface area contributed by atoms with Gasteiger partial charge in [0.05, 0.1) is 0 Å². The summed E-state index contributed by atoms with van der Waals surface area (Å²) in [6.07, 6.45) is 0. The Labute approximate surface area is 162 Å². The molecule has 0 unspecified atom stereocenters. The van der Waals surface area contributed by atoms with Crippen LogP contribution in [0, 0.1) is 0 Å². The molecule has 1 fully saturated rings. The third-order valence-corrected chi connectivity index (χ3v) is 4.43. The predicted octanol–water partition coefficient (Wildman–Crippen LogP) is 1.65. The Kier molecular flexibility index (Phi) is 5.49. The second-order valence-corrected chi connectivity index (χ2v) is 6.58. The number of benzene rings is 2. The quantitative estimate of drug-likeness (QED) is 0.747. The number of anilines is 1. The molecule has 8 nitrogen and oxygen atoms in total. The van der Waals surface area contributed by atoms with Gasteiger partial charge in [-0.15, -0.1) is 0 Å². The number of phenolic OH excluding ortho intramolecular Hbond substituents is 2. The second-order valence-electron chi connectivity index (χ2n) is 6.58. The summed E-state index contributed by atoms with van der Waals surface area (Å²) in [5, 5.41) is 21.7. The smallest absolute Gasteiger partial charge is 0.254 e. The predicted molar refractivity (Wildman–Crippen MR) is 102 cm³/mol. The van der Waals surface area contributed by atoms with Crippen molar-refractivity contribution in [2.45, 2.75) is 6.92 Å². The van der Waals surface area contributed by atoms with Crippen LogP contribution in [-0.2, 0) is 4.79 Å². The van der Waals surface area contributed by atoms with E-state index in [1.54, 1.807) is 34.1 Å². The van der Waals surface area contributed by atoms with Gasteiger partial charge in [-0.1, -0.05) is 6.07 Å². The van der Waals surface area contributed by atoms with Crippen molar-refractivity contribution in [1.82, 2.24) is 9.80 Å². The lowest BCUT2D eigenvalue weighted by Gasteiger charge is -2.35. The summed E-state index contributed by atoms with van der Waals surface area (Å²) in [4.78, 5) is 39.7. The van der Waals surface area contributed by atoms with E-state index in [-0.39, 0.29) is 34.8 Å². The molecule has 0 aromatic heterocycles. The molecule has 0 atom stereocenters. The molecule has 1 saturated heterocycles. The third-order valence-electron chi connectivity index (χ3n) is 4.43. The first-order valence-electron chi connectivity index (χ1n) is 8.83. The average molecular weight is 383 g/mol. The zero-order valence-corrected chi connectivity index (χ0v) is 15.4. The van der Waals surface area contributed by atoms with Gasteiger partial charge in [-0.2, -0.15) is 0 Å². The first-order valence-corrected chi connectivity index (χ1v) is 8.83. The standard InChI is InChI=1S/C20H21N3O5/c1-13(24)21-16-4-2-3-14(9-16)19(27)22-5-7-23(8-6-22)20(28)15-10-17(25)12-18(26)11-15/h2-4,9-12,25-26H,5-8H2,1H3,(H,21,24). The summed E-state index contributed by atoms with van der Waals surface area (Å²) in [6.45, 7) is 2.80. The van der Waals surface area contributed by atoms with Gasteiger partial charge in [0.15, 0.2) is 0 Å². The molecule has 2 aromatic carbocycles. The zero-order chi connectivity index (χ0) is 20.3. The lowest BCUT2D eigenvalue weighted by atomic mass is 10.1. The number of piperazine rings is 1. The van der Waals surface area contributed by atoms with Crippen LogP contribution in [-0.4, -0.2) is 63.9 Å². The molecule has 1 aliphatic rings. The van der Waals surface area contributed by atoms with Crippen molar-refractivity contribution in [3.8, 4) is 11.5 Å². The summed E-state index contributed by atoms with van der Waals surface area (Å²) in [5.41, 5.74) is 1.21. The molecule has 1 aliphatic heterocycles. The first-order chi connectivity index (χ1) is 13.3. The molecule has 0 aliphatic carbocycles. The van der Waals surface area contributed by atoms with Crippen LogP contribution in [0.5, 0.6) is 11.5 Å². The van der Waals surface area contributed by atoms with Crippen molar-refractivity contribution >= 4 is 23.4 Å². The fourth-order valence-corrected chi connectivity index (χ4v) is 3.13. The molecule has 0 bridgehead atoms. The number of amides is 3. The Morgan fingerprint density at radius 1 is 0.821 bits per heavy atom. The SMILES string of the molecule is CC(=O)Nc1cccc(C(=O)N2CCN(C(=O)c3cc(O)cc(O)c3)CC2)c1. The van der Waals surface area contributed by atoms with Gasteiger partial charge in [-0.25, -0.2) is 0 Å². The Morgan fingerprint density at radius 2 is 1.36 bits per heavy atom. The molecule has 1 heterocycles. The number of aromatic hydroxyl groups is 2. The molecule has 28 heavy (non-hydrogen) atoms. The molecule has 3 amide bonds. The number of nitrogens with zero attached hydrogens (tertiary/aromatic N) is 2. The summed E-state index contributed by atoms with van der Waals surface area (Å²) in [7, 11) is 0. The fraction of sp³-hybridized carbons (Fsp3) is 0.250. The number of hydrogen-bond donors (Lipinski definition) is 3. The van der Waals surface area contributed by atoms with Gasteiger partial charge in [0.1, 0.15) is 11.5 Å². The van der Waals surface area contributed by atoms with Crippen LogP contribution in [0.25, 0.3) is 0 Å². The highest BCUT2D eigenvalue weighted by molar-refractivity contribution is 5.97. The van der Waals surface area contributed by atoms with E-state index in [1.807, 2.05) is 0 Å². The molecule has 3 rings (SSSR count). The lowest BCUT2D eigenvalue weighted by Crippen LogP contribution is -2.50. The fourth-order valence-electron chi connectivity index (χ4n) is 3.13. The lowest BCUT2D eigenvalue weighted by molar-refractivity contribution is -0.114. The Morgan fingerprint density at radius 3 is 1.89 bits per heavy atom. The summed E-state index contributed by atoms with van der Waals surface area (Å²) >= 11 is 0. The van der Waals surface area contributed by atoms with Crippen molar-refractivity contribution in [2.75, 3.05) is 31.5 Å². The molecular formula is C20H21N3O5. The minimum atomic E-state index is -0.314. The number of phenols is 2. The summed E-state index contributed by atoms with van der Waals surface area (Å²) in [6, 6.07) is 10.5. The van der Waals surface area contributed by atoms with E-state index in [9.17, 15) is 24.6 Å². The highest BCUT2D eigenvalue weighted by Gasteiger charge is 2.26. The number of carbonyl (C=O) groups excluding carboxylic acids is 3. The van der Waals surface area contributed by atoms with Crippen LogP contribution >= 0.6 is 0 Å². The van der Waals surface area contributed by atoms with Crippen LogP contribution < -0.4 is 5.32 Å². The summed E-state index contributed by atoms with van der Waals surface area (Å²) in [5.74, 6) is -1.07. The minimum Gasteiger partial charge on any atom is -0.508 e. The first kappa shape index (κ1) is 19.2. The van der Waals surface area contributed by atoms with Crippen molar-refractivity contribution in [2.24, 2.45) is 0 Å². The van der Waals surface area contributed by atoms with E-state index >= 15 is 0 Å². The van der Waals surface area contributed by atoms with Crippen LogP contribution in [0.4, 0.5) is 5.69 Å². The number of nitrogens with one attached hydrogen (secondary N) is 1. The van der Waals surface area contributed by atoms with E-state index in [0.717, 1.165) is 6.07 Å². The van der Waals surface area contributed by atoms with Crippen LogP contribution in [0.2, 0.25) is 0 Å². The van der Waals surface area contributed by atoms with Gasteiger partial charge in [0.25, 0.3) is 11.8 Å². The maximum atomic E-state index is 12.7. The molecular weight excluding hydrogens is 362 g/mol. The second kappa shape index (κ2) is 7.99. The minimum absolute atomic E-state index is 0.172. The Hall–Kier alpha value is -3.55. The molecule has 8 heteroatoms. The number of rotatable bonds is 3. The van der Waals surface area contributed by atoms with Gasteiger partial charge < -0.3 is 25.3 Å². The third kappa shape index (κ3) is 4.40. The zero-order valence-electron chi connectivity index (χ0n) is 15.4. The summed E-state index contributed by atoms with van der Waals surface area (Å²) < 4.78 is 0. The van der Waals surface area contributed by atoms with Crippen molar-refractivity contribution in [3.05, 3.63) is 53.6 Å². The van der Waals surface area contributed by atoms with E-state index in [0.29, 0.717) is 37.4 Å². The monoisotopic (exact) mass is 383 g/mol. The van der Waals surface area contributed by atoms with Gasteiger partial charge in [-0.05, 0) is 30.3 Å². The molecule has 2 aromatic rings. The molecule has 0 radical (unpaired) electrons. The normalized spacial score (nSPS) is 13.9. The van der Waals surface area contributed by atoms with Crippen LogP contribution in [0.1, 0.15) is 27.6 Å². The van der Waals surface area contributed by atoms with E-state index < -0.39 is 0 Å². The van der Waals surface area contributed by atoms with Gasteiger partial charge in [0, 0.05) is 56.0 Å².